The zero-order valence-electron chi connectivity index (χ0n) is 16.9. The first kappa shape index (κ1) is 21.4. The number of nitrogens with one attached hydrogen (secondary N) is 1. The normalized spacial score (nSPS) is 10.6. The van der Waals surface area contributed by atoms with Gasteiger partial charge in [-0.1, -0.05) is 18.2 Å². The third-order valence-electron chi connectivity index (χ3n) is 4.19. The molecule has 0 saturated carbocycles. The van der Waals surface area contributed by atoms with Crippen LogP contribution >= 0.6 is 0 Å². The van der Waals surface area contributed by atoms with Crippen LogP contribution in [0.3, 0.4) is 0 Å². The molecule has 9 nitrogen and oxygen atoms in total. The molecule has 0 fully saturated rings. The first-order chi connectivity index (χ1) is 15.0. The molecule has 0 atom stereocenters. The van der Waals surface area contributed by atoms with E-state index in [9.17, 15) is 14.9 Å². The van der Waals surface area contributed by atoms with Crippen molar-refractivity contribution in [2.75, 3.05) is 19.0 Å². The lowest BCUT2D eigenvalue weighted by atomic mass is 10.1. The van der Waals surface area contributed by atoms with E-state index in [1.807, 2.05) is 30.3 Å². The Kier molecular flexibility index (Phi) is 6.89. The first-order valence-corrected chi connectivity index (χ1v) is 9.39. The van der Waals surface area contributed by atoms with Crippen LogP contribution in [0.15, 0.2) is 77.0 Å². The lowest BCUT2D eigenvalue weighted by Crippen LogP contribution is -2.14. The van der Waals surface area contributed by atoms with Crippen molar-refractivity contribution >= 4 is 28.7 Å². The molecule has 3 aromatic rings. The number of ether oxygens (including phenoxy) is 2. The number of carbonyl (C=O) groups excluding carboxylic acids is 1. The summed E-state index contributed by atoms with van der Waals surface area (Å²) in [6.07, 6.45) is 0. The van der Waals surface area contributed by atoms with Gasteiger partial charge in [-0.15, -0.1) is 0 Å². The van der Waals surface area contributed by atoms with Gasteiger partial charge in [-0.2, -0.15) is 10.2 Å². The number of hydrogen-bond acceptors (Lipinski definition) is 7. The molecule has 0 heterocycles. The summed E-state index contributed by atoms with van der Waals surface area (Å²) >= 11 is 0. The van der Waals surface area contributed by atoms with Gasteiger partial charge in [0.05, 0.1) is 36.1 Å². The number of azo groups is 1. The maximum absolute atomic E-state index is 12.7. The summed E-state index contributed by atoms with van der Waals surface area (Å²) in [5.41, 5.74) is 1.24. The van der Waals surface area contributed by atoms with Gasteiger partial charge in [0, 0.05) is 11.8 Å². The smallest absolute Gasteiger partial charge is 0.286 e. The molecule has 3 rings (SSSR count). The summed E-state index contributed by atoms with van der Waals surface area (Å²) in [5.74, 6) is -0.218. The molecule has 0 spiro atoms. The highest BCUT2D eigenvalue weighted by Gasteiger charge is 2.24. The number of amides is 1. The zero-order valence-corrected chi connectivity index (χ0v) is 16.9. The molecule has 0 aliphatic heterocycles. The molecule has 1 amide bonds. The van der Waals surface area contributed by atoms with Gasteiger partial charge in [-0.3, -0.25) is 14.9 Å². The van der Waals surface area contributed by atoms with Crippen LogP contribution in [-0.4, -0.2) is 24.5 Å². The second-order valence-electron chi connectivity index (χ2n) is 6.25. The van der Waals surface area contributed by atoms with Crippen molar-refractivity contribution in [2.45, 2.75) is 6.92 Å². The van der Waals surface area contributed by atoms with E-state index in [-0.39, 0.29) is 22.7 Å². The summed E-state index contributed by atoms with van der Waals surface area (Å²) < 4.78 is 10.6. The van der Waals surface area contributed by atoms with Gasteiger partial charge < -0.3 is 14.8 Å². The Labute approximate surface area is 178 Å². The molecule has 0 aliphatic rings. The Morgan fingerprint density at radius 1 is 1.00 bits per heavy atom. The van der Waals surface area contributed by atoms with Crippen molar-refractivity contribution in [2.24, 2.45) is 10.2 Å². The number of benzene rings is 3. The minimum absolute atomic E-state index is 0.137. The molecule has 0 bridgehead atoms. The third-order valence-corrected chi connectivity index (χ3v) is 4.19. The number of nitro benzene ring substituents is 1. The SMILES string of the molecule is CCOc1cc(C(=O)Nc2ccc(N=Nc3ccccc3)cc2)c([N+](=O)[O-])cc1OC. The molecular weight excluding hydrogens is 400 g/mol. The molecule has 0 aromatic heterocycles. The summed E-state index contributed by atoms with van der Waals surface area (Å²) in [6, 6.07) is 18.4. The second-order valence-corrected chi connectivity index (χ2v) is 6.25. The Hall–Kier alpha value is -4.27. The number of hydrogen-bond donors (Lipinski definition) is 1. The van der Waals surface area contributed by atoms with E-state index in [4.69, 9.17) is 9.47 Å². The molecular formula is C22H20N4O5. The fourth-order valence-electron chi connectivity index (χ4n) is 2.73. The van der Waals surface area contributed by atoms with Crippen LogP contribution in [0, 0.1) is 10.1 Å². The number of methoxy groups -OCH3 is 1. The summed E-state index contributed by atoms with van der Waals surface area (Å²) in [7, 11) is 1.37. The molecule has 9 heteroatoms. The van der Waals surface area contributed by atoms with Crippen LogP contribution in [0.4, 0.5) is 22.7 Å². The number of nitro groups is 1. The van der Waals surface area contributed by atoms with Gasteiger partial charge in [-0.05, 0) is 43.3 Å². The highest BCUT2D eigenvalue weighted by atomic mass is 16.6. The molecule has 0 saturated heterocycles. The molecule has 0 aliphatic carbocycles. The minimum atomic E-state index is -0.644. The average molecular weight is 420 g/mol. The van der Waals surface area contributed by atoms with Gasteiger partial charge in [0.2, 0.25) is 0 Å². The van der Waals surface area contributed by atoms with Crippen LogP contribution in [-0.2, 0) is 0 Å². The van der Waals surface area contributed by atoms with Crippen LogP contribution < -0.4 is 14.8 Å². The maximum Gasteiger partial charge on any atom is 0.286 e. The second kappa shape index (κ2) is 9.97. The molecule has 3 aromatic carbocycles. The predicted molar refractivity (Wildman–Crippen MR) is 116 cm³/mol. The van der Waals surface area contributed by atoms with E-state index in [0.29, 0.717) is 18.0 Å². The third kappa shape index (κ3) is 5.41. The van der Waals surface area contributed by atoms with Gasteiger partial charge >= 0.3 is 0 Å². The van der Waals surface area contributed by atoms with Crippen molar-refractivity contribution in [3.05, 3.63) is 82.4 Å². The van der Waals surface area contributed by atoms with E-state index < -0.39 is 10.8 Å². The fraction of sp³-hybridized carbons (Fsp3) is 0.136. The predicted octanol–water partition coefficient (Wildman–Crippen LogP) is 5.67. The van der Waals surface area contributed by atoms with Gasteiger partial charge in [0.15, 0.2) is 11.5 Å². The van der Waals surface area contributed by atoms with Crippen LogP contribution in [0.2, 0.25) is 0 Å². The summed E-state index contributed by atoms with van der Waals surface area (Å²) in [5, 5.41) is 22.4. The highest BCUT2D eigenvalue weighted by Crippen LogP contribution is 2.35. The van der Waals surface area contributed by atoms with Crippen molar-refractivity contribution in [3.63, 3.8) is 0 Å². The monoisotopic (exact) mass is 420 g/mol. The number of nitrogens with zero attached hydrogens (tertiary/aromatic N) is 3. The number of rotatable bonds is 8. The summed E-state index contributed by atoms with van der Waals surface area (Å²) in [4.78, 5) is 23.6. The first-order valence-electron chi connectivity index (χ1n) is 9.39. The van der Waals surface area contributed by atoms with Gasteiger partial charge in [0.1, 0.15) is 5.56 Å². The van der Waals surface area contributed by atoms with Crippen molar-refractivity contribution in [1.82, 2.24) is 0 Å². The highest BCUT2D eigenvalue weighted by molar-refractivity contribution is 6.07. The van der Waals surface area contributed by atoms with Crippen LogP contribution in [0.1, 0.15) is 17.3 Å². The van der Waals surface area contributed by atoms with Crippen molar-refractivity contribution < 1.29 is 19.2 Å². The van der Waals surface area contributed by atoms with Crippen molar-refractivity contribution in [3.8, 4) is 11.5 Å². The van der Waals surface area contributed by atoms with E-state index in [2.05, 4.69) is 15.5 Å². The molecule has 0 radical (unpaired) electrons. The van der Waals surface area contributed by atoms with Gasteiger partial charge in [0.25, 0.3) is 11.6 Å². The average Bonchev–Trinajstić information content (AvgIpc) is 2.79. The summed E-state index contributed by atoms with van der Waals surface area (Å²) in [6.45, 7) is 2.07. The molecule has 31 heavy (non-hydrogen) atoms. The van der Waals surface area contributed by atoms with Crippen molar-refractivity contribution in [1.29, 1.82) is 0 Å². The fourth-order valence-corrected chi connectivity index (χ4v) is 2.73. The largest absolute Gasteiger partial charge is 0.493 e. The van der Waals surface area contributed by atoms with Gasteiger partial charge in [-0.25, -0.2) is 0 Å². The van der Waals surface area contributed by atoms with E-state index in [1.54, 1.807) is 31.2 Å². The Bertz CT molecular complexity index is 1100. The number of anilines is 1. The van der Waals surface area contributed by atoms with E-state index in [0.717, 1.165) is 5.69 Å². The standard InChI is InChI=1S/C22H20N4O5/c1-3-31-21-13-18(19(26(28)29)14-20(21)30-2)22(27)23-15-9-11-17(12-10-15)25-24-16-7-5-4-6-8-16/h4-14H,3H2,1-2H3,(H,23,27). The maximum atomic E-state index is 12.7. The molecule has 0 unspecified atom stereocenters. The Morgan fingerprint density at radius 3 is 2.23 bits per heavy atom. The quantitative estimate of drug-likeness (QED) is 0.286. The lowest BCUT2D eigenvalue weighted by Gasteiger charge is -2.12. The van der Waals surface area contributed by atoms with E-state index >= 15 is 0 Å². The Balaban J connectivity index is 1.80. The Morgan fingerprint density at radius 2 is 1.65 bits per heavy atom. The van der Waals surface area contributed by atoms with Crippen LogP contribution in [0.5, 0.6) is 11.5 Å². The molecule has 1 N–H and O–H groups in total. The minimum Gasteiger partial charge on any atom is -0.493 e. The number of carbonyl (C=O) groups is 1. The van der Waals surface area contributed by atoms with Crippen LogP contribution in [0.25, 0.3) is 0 Å². The topological polar surface area (TPSA) is 115 Å². The molecule has 158 valence electrons. The lowest BCUT2D eigenvalue weighted by molar-refractivity contribution is -0.385. The zero-order chi connectivity index (χ0) is 22.2. The van der Waals surface area contributed by atoms with E-state index in [1.165, 1.54) is 19.2 Å².